The van der Waals surface area contributed by atoms with Gasteiger partial charge in [0.15, 0.2) is 0 Å². The summed E-state index contributed by atoms with van der Waals surface area (Å²) in [7, 11) is 3.44. The quantitative estimate of drug-likeness (QED) is 0.929. The van der Waals surface area contributed by atoms with Crippen LogP contribution in [0.1, 0.15) is 25.7 Å². The maximum absolute atomic E-state index is 13.2. The summed E-state index contributed by atoms with van der Waals surface area (Å²) in [6.07, 6.45) is 4.51. The van der Waals surface area contributed by atoms with Crippen LogP contribution in [-0.2, 0) is 4.79 Å². The molecule has 3 rings (SSSR count). The number of fused-ring (bicyclic) bond motifs is 1. The van der Waals surface area contributed by atoms with Crippen LogP contribution in [0, 0.1) is 11.3 Å². The number of methoxy groups -OCH3 is 1. The first-order valence-electron chi connectivity index (χ1n) is 7.91. The van der Waals surface area contributed by atoms with Crippen LogP contribution in [0.5, 0.6) is 5.75 Å². The molecule has 0 unspecified atom stereocenters. The molecule has 4 nitrogen and oxygen atoms in total. The topological polar surface area (TPSA) is 41.6 Å². The van der Waals surface area contributed by atoms with Crippen molar-refractivity contribution in [3.05, 3.63) is 23.2 Å². The van der Waals surface area contributed by atoms with Gasteiger partial charge in [0.2, 0.25) is 5.91 Å². The van der Waals surface area contributed by atoms with E-state index in [1.165, 1.54) is 6.42 Å². The number of ether oxygens (including phenoxy) is 1. The van der Waals surface area contributed by atoms with Crippen molar-refractivity contribution in [2.45, 2.75) is 25.7 Å². The molecular formula is C17H23ClN2O2. The van der Waals surface area contributed by atoms with Crippen molar-refractivity contribution >= 4 is 23.2 Å². The number of amides is 1. The molecule has 2 aliphatic rings. The lowest BCUT2D eigenvalue weighted by atomic mass is 9.67. The van der Waals surface area contributed by atoms with E-state index in [1.54, 1.807) is 18.1 Å². The van der Waals surface area contributed by atoms with Crippen molar-refractivity contribution in [2.75, 3.05) is 32.1 Å². The Bertz CT molecular complexity index is 578. The Hall–Kier alpha value is -1.26. The molecular weight excluding hydrogens is 300 g/mol. The van der Waals surface area contributed by atoms with Crippen molar-refractivity contribution < 1.29 is 9.53 Å². The van der Waals surface area contributed by atoms with Gasteiger partial charge in [-0.05, 0) is 43.5 Å². The van der Waals surface area contributed by atoms with E-state index in [0.29, 0.717) is 16.7 Å². The summed E-state index contributed by atoms with van der Waals surface area (Å²) in [5, 5.41) is 3.96. The second-order valence-corrected chi connectivity index (χ2v) is 6.82. The van der Waals surface area contributed by atoms with Gasteiger partial charge in [0.05, 0.1) is 17.5 Å². The predicted molar refractivity (Wildman–Crippen MR) is 88.7 cm³/mol. The van der Waals surface area contributed by atoms with E-state index in [4.69, 9.17) is 16.3 Å². The molecule has 2 atom stereocenters. The fourth-order valence-electron chi connectivity index (χ4n) is 3.98. The average molecular weight is 323 g/mol. The fourth-order valence-corrected chi connectivity index (χ4v) is 4.24. The summed E-state index contributed by atoms with van der Waals surface area (Å²) in [6.45, 7) is 1.76. The fraction of sp³-hybridized carbons (Fsp3) is 0.588. The highest BCUT2D eigenvalue weighted by Crippen LogP contribution is 2.45. The van der Waals surface area contributed by atoms with Crippen LogP contribution in [0.4, 0.5) is 5.69 Å². The van der Waals surface area contributed by atoms with Gasteiger partial charge in [-0.3, -0.25) is 4.79 Å². The molecule has 120 valence electrons. The number of hydrogen-bond donors (Lipinski definition) is 1. The zero-order valence-electron chi connectivity index (χ0n) is 13.2. The minimum absolute atomic E-state index is 0.212. The van der Waals surface area contributed by atoms with Gasteiger partial charge in [-0.1, -0.05) is 24.4 Å². The van der Waals surface area contributed by atoms with Crippen LogP contribution < -0.4 is 15.0 Å². The average Bonchev–Trinajstić information content (AvgIpc) is 2.98. The minimum atomic E-state index is -0.237. The van der Waals surface area contributed by atoms with Crippen molar-refractivity contribution in [3.8, 4) is 5.75 Å². The molecule has 0 radical (unpaired) electrons. The van der Waals surface area contributed by atoms with Gasteiger partial charge < -0.3 is 15.0 Å². The molecule has 1 saturated carbocycles. The van der Waals surface area contributed by atoms with Crippen LogP contribution >= 0.6 is 11.6 Å². The monoisotopic (exact) mass is 322 g/mol. The SMILES string of the molecule is COc1ccc(N(C)C(=O)[C@@]23CCCC[C@H]2CNC3)cc1Cl. The van der Waals surface area contributed by atoms with Crippen LogP contribution in [0.25, 0.3) is 0 Å². The number of benzene rings is 1. The largest absolute Gasteiger partial charge is 0.495 e. The Morgan fingerprint density at radius 1 is 1.45 bits per heavy atom. The molecule has 1 aliphatic carbocycles. The third kappa shape index (κ3) is 2.48. The predicted octanol–water partition coefficient (Wildman–Crippen LogP) is 3.09. The lowest BCUT2D eigenvalue weighted by Crippen LogP contribution is -2.48. The Morgan fingerprint density at radius 2 is 2.27 bits per heavy atom. The van der Waals surface area contributed by atoms with Crippen molar-refractivity contribution in [1.82, 2.24) is 5.32 Å². The first-order chi connectivity index (χ1) is 10.6. The lowest BCUT2D eigenvalue weighted by molar-refractivity contribution is -0.130. The van der Waals surface area contributed by atoms with Gasteiger partial charge in [0.1, 0.15) is 5.75 Å². The summed E-state index contributed by atoms with van der Waals surface area (Å²) in [5.74, 6) is 1.30. The van der Waals surface area contributed by atoms with Crippen LogP contribution in [0.3, 0.4) is 0 Å². The molecule has 22 heavy (non-hydrogen) atoms. The first kappa shape index (κ1) is 15.6. The van der Waals surface area contributed by atoms with Gasteiger partial charge in [-0.2, -0.15) is 0 Å². The summed E-state index contributed by atoms with van der Waals surface area (Å²) in [4.78, 5) is 14.9. The molecule has 0 aromatic heterocycles. The maximum Gasteiger partial charge on any atom is 0.234 e. The second kappa shape index (κ2) is 6.09. The van der Waals surface area contributed by atoms with E-state index in [9.17, 15) is 4.79 Å². The maximum atomic E-state index is 13.2. The summed E-state index contributed by atoms with van der Waals surface area (Å²) >= 11 is 6.20. The van der Waals surface area contributed by atoms with Crippen molar-refractivity contribution in [3.63, 3.8) is 0 Å². The molecule has 1 aromatic rings. The summed E-state index contributed by atoms with van der Waals surface area (Å²) in [6, 6.07) is 5.50. The Morgan fingerprint density at radius 3 is 3.00 bits per heavy atom. The lowest BCUT2D eigenvalue weighted by Gasteiger charge is -2.39. The molecule has 5 heteroatoms. The summed E-state index contributed by atoms with van der Waals surface area (Å²) in [5.41, 5.74) is 0.584. The van der Waals surface area contributed by atoms with Crippen molar-refractivity contribution in [2.24, 2.45) is 11.3 Å². The van der Waals surface area contributed by atoms with E-state index in [1.807, 2.05) is 19.2 Å². The van der Waals surface area contributed by atoms with Gasteiger partial charge in [-0.25, -0.2) is 0 Å². The molecule has 2 fully saturated rings. The molecule has 1 aliphatic heterocycles. The number of hydrogen-bond acceptors (Lipinski definition) is 3. The smallest absolute Gasteiger partial charge is 0.234 e. The number of nitrogens with zero attached hydrogens (tertiary/aromatic N) is 1. The molecule has 1 saturated heterocycles. The number of carbonyl (C=O) groups is 1. The van der Waals surface area contributed by atoms with Gasteiger partial charge in [-0.15, -0.1) is 0 Å². The molecule has 1 amide bonds. The summed E-state index contributed by atoms with van der Waals surface area (Å²) < 4.78 is 5.18. The molecule has 1 N–H and O–H groups in total. The molecule has 0 spiro atoms. The Balaban J connectivity index is 1.86. The molecule has 1 heterocycles. The zero-order valence-corrected chi connectivity index (χ0v) is 13.9. The van der Waals surface area contributed by atoms with E-state index in [2.05, 4.69) is 5.32 Å². The normalized spacial score (nSPS) is 27.3. The van der Waals surface area contributed by atoms with Crippen molar-refractivity contribution in [1.29, 1.82) is 0 Å². The number of anilines is 1. The van der Waals surface area contributed by atoms with E-state index >= 15 is 0 Å². The third-order valence-corrected chi connectivity index (χ3v) is 5.59. The highest BCUT2D eigenvalue weighted by molar-refractivity contribution is 6.32. The van der Waals surface area contributed by atoms with E-state index < -0.39 is 0 Å². The van der Waals surface area contributed by atoms with Gasteiger partial charge in [0, 0.05) is 19.3 Å². The van der Waals surface area contributed by atoms with Gasteiger partial charge in [0.25, 0.3) is 0 Å². The molecule has 0 bridgehead atoms. The Kier molecular flexibility index (Phi) is 4.33. The van der Waals surface area contributed by atoms with Crippen LogP contribution in [-0.4, -0.2) is 33.2 Å². The van der Waals surface area contributed by atoms with Crippen LogP contribution in [0.2, 0.25) is 5.02 Å². The van der Waals surface area contributed by atoms with E-state index in [-0.39, 0.29) is 11.3 Å². The Labute approximate surface area is 136 Å². The number of nitrogens with one attached hydrogen (secondary N) is 1. The van der Waals surface area contributed by atoms with Gasteiger partial charge >= 0.3 is 0 Å². The minimum Gasteiger partial charge on any atom is -0.495 e. The van der Waals surface area contributed by atoms with E-state index in [0.717, 1.165) is 38.0 Å². The molecule has 1 aromatic carbocycles. The number of carbonyl (C=O) groups excluding carboxylic acids is 1. The zero-order chi connectivity index (χ0) is 15.7. The number of rotatable bonds is 3. The number of halogens is 1. The standard InChI is InChI=1S/C17H23ClN2O2/c1-20(13-6-7-15(22-2)14(18)9-13)16(21)17-8-4-3-5-12(17)10-19-11-17/h6-7,9,12,19H,3-5,8,10-11H2,1-2H3/t12-,17+/m0/s1. The first-order valence-corrected chi connectivity index (χ1v) is 8.29. The highest BCUT2D eigenvalue weighted by atomic mass is 35.5. The second-order valence-electron chi connectivity index (χ2n) is 6.41. The highest BCUT2D eigenvalue weighted by Gasteiger charge is 2.51. The van der Waals surface area contributed by atoms with Crippen LogP contribution in [0.15, 0.2) is 18.2 Å². The third-order valence-electron chi connectivity index (χ3n) is 5.29.